The molecule has 2 saturated heterocycles. The maximum absolute atomic E-state index is 13.9. The molecule has 0 radical (unpaired) electrons. The van der Waals surface area contributed by atoms with Crippen LogP contribution in [0.2, 0.25) is 5.02 Å². The summed E-state index contributed by atoms with van der Waals surface area (Å²) in [5.74, 6) is 0.390. The Morgan fingerprint density at radius 1 is 0.812 bits per heavy atom. The van der Waals surface area contributed by atoms with Gasteiger partial charge in [0.05, 0.1) is 45.6 Å². The summed E-state index contributed by atoms with van der Waals surface area (Å²) in [4.78, 5) is 102. The lowest BCUT2D eigenvalue weighted by Gasteiger charge is -2.35. The predicted molar refractivity (Wildman–Crippen MR) is 270 cm³/mol. The number of aryl methyl sites for hydroxylation is 1. The molecule has 2 aliphatic rings. The molecule has 434 valence electrons. The molecule has 2 fully saturated rings. The number of phosphoric ester groups is 3. The number of phosphoric acid groups is 4. The Balaban J connectivity index is 0.850. The van der Waals surface area contributed by atoms with Crippen LogP contribution in [0.1, 0.15) is 18.5 Å². The maximum Gasteiger partial charge on any atom is 0.490 e. The minimum absolute atomic E-state index is 0.0206. The van der Waals surface area contributed by atoms with Gasteiger partial charge in [0.25, 0.3) is 11.1 Å². The molecule has 9 rings (SSSR count). The van der Waals surface area contributed by atoms with Crippen LogP contribution in [0.25, 0.3) is 33.5 Å². The van der Waals surface area contributed by atoms with Gasteiger partial charge in [-0.3, -0.25) is 46.8 Å². The van der Waals surface area contributed by atoms with Gasteiger partial charge >= 0.3 is 31.3 Å². The van der Waals surface area contributed by atoms with Crippen LogP contribution in [0, 0.1) is 0 Å². The molecule has 11 unspecified atom stereocenters. The Bertz CT molecular complexity index is 3740. The number of nitrogens with two attached hydrogens (primary N) is 2. The van der Waals surface area contributed by atoms with Crippen molar-refractivity contribution in [2.24, 2.45) is 0 Å². The number of benzene rings is 1. The Hall–Kier alpha value is -5.72. The maximum atomic E-state index is 13.9. The van der Waals surface area contributed by atoms with Crippen LogP contribution < -0.4 is 32.6 Å². The van der Waals surface area contributed by atoms with E-state index in [-0.39, 0.29) is 83.0 Å². The first kappa shape index (κ1) is 58.9. The second-order valence-corrected chi connectivity index (χ2v) is 23.7. The van der Waals surface area contributed by atoms with Crippen molar-refractivity contribution in [3.63, 3.8) is 0 Å². The number of nitrogens with zero attached hydrogens (tertiary/aromatic N) is 10. The van der Waals surface area contributed by atoms with Gasteiger partial charge in [0, 0.05) is 25.6 Å². The van der Waals surface area contributed by atoms with E-state index in [1.165, 1.54) is 22.5 Å². The molecule has 13 N–H and O–H groups in total. The summed E-state index contributed by atoms with van der Waals surface area (Å²) in [6.07, 6.45) is -7.26. The number of hydrogen-bond donors (Lipinski definition) is 11. The molecule has 1 aromatic carbocycles. The third kappa shape index (κ3) is 12.7. The molecule has 2 aliphatic heterocycles. The van der Waals surface area contributed by atoms with Gasteiger partial charge in [-0.05, 0) is 30.7 Å². The molecule has 42 heteroatoms. The highest BCUT2D eigenvalue weighted by Crippen LogP contribution is 2.68. The number of anilines is 3. The molecular weight excluding hydrogens is 1180 g/mol. The van der Waals surface area contributed by atoms with Gasteiger partial charge in [0.15, 0.2) is 51.3 Å². The summed E-state index contributed by atoms with van der Waals surface area (Å²) in [7, 11) is -20.5. The molecule has 0 bridgehead atoms. The summed E-state index contributed by atoms with van der Waals surface area (Å²) < 4.78 is 109. The molecule has 7 aromatic rings. The minimum Gasteiger partial charge on any atom is -0.492 e. The van der Waals surface area contributed by atoms with Gasteiger partial charge in [-0.1, -0.05) is 11.6 Å². The van der Waals surface area contributed by atoms with Crippen molar-refractivity contribution in [2.75, 3.05) is 64.0 Å². The van der Waals surface area contributed by atoms with E-state index in [2.05, 4.69) is 58.8 Å². The van der Waals surface area contributed by atoms with E-state index in [9.17, 15) is 57.6 Å². The second-order valence-electron chi connectivity index (χ2n) is 17.2. The second kappa shape index (κ2) is 23.3. The van der Waals surface area contributed by atoms with Crippen LogP contribution >= 0.6 is 42.9 Å². The summed E-state index contributed by atoms with van der Waals surface area (Å²) >= 11 is 5.94. The first-order valence-electron chi connectivity index (χ1n) is 23.1. The number of H-pyrrole nitrogens is 2. The van der Waals surface area contributed by atoms with Crippen LogP contribution in [-0.2, 0) is 77.9 Å². The fourth-order valence-electron chi connectivity index (χ4n) is 8.54. The van der Waals surface area contributed by atoms with Gasteiger partial charge in [0.2, 0.25) is 11.9 Å². The number of aliphatic hydroxyl groups excluding tert-OH is 2. The highest BCUT2D eigenvalue weighted by atomic mass is 35.5. The van der Waals surface area contributed by atoms with Crippen LogP contribution in [0.3, 0.4) is 0 Å². The number of aromatic nitrogens is 12. The largest absolute Gasteiger partial charge is 0.492 e. The lowest BCUT2D eigenvalue weighted by atomic mass is 10.1. The number of rotatable bonds is 25. The van der Waals surface area contributed by atoms with E-state index < -0.39 is 111 Å². The van der Waals surface area contributed by atoms with E-state index in [4.69, 9.17) is 60.1 Å². The number of hydrogen-bond acceptors (Lipinski definition) is 28. The normalized spacial score (nSPS) is 24.5. The lowest BCUT2D eigenvalue weighted by molar-refractivity contribution is -0.135. The molecule has 0 amide bonds. The Morgan fingerprint density at radius 2 is 1.49 bits per heavy atom. The van der Waals surface area contributed by atoms with E-state index in [1.54, 1.807) is 24.3 Å². The number of nitrogens with one attached hydrogen (secondary N) is 3. The van der Waals surface area contributed by atoms with Gasteiger partial charge in [0.1, 0.15) is 55.0 Å². The molecule has 6 aromatic heterocycles. The average molecular weight is 1230 g/mol. The number of methoxy groups -OCH3 is 1. The van der Waals surface area contributed by atoms with Gasteiger partial charge in [-0.15, -0.1) is 0 Å². The van der Waals surface area contributed by atoms with Crippen molar-refractivity contribution in [3.05, 3.63) is 74.8 Å². The van der Waals surface area contributed by atoms with Crippen molar-refractivity contribution in [1.82, 2.24) is 58.6 Å². The summed E-state index contributed by atoms with van der Waals surface area (Å²) in [6, 6.07) is 6.48. The number of nitrogen functional groups attached to an aromatic ring is 2. The quantitative estimate of drug-likeness (QED) is 0.0268. The van der Waals surface area contributed by atoms with Gasteiger partial charge in [-0.2, -0.15) is 18.6 Å². The number of ether oxygens (including phenoxy) is 4. The predicted octanol–water partition coefficient (Wildman–Crippen LogP) is 0.151. The van der Waals surface area contributed by atoms with E-state index in [0.717, 1.165) is 24.3 Å². The first-order chi connectivity index (χ1) is 37.8. The molecule has 8 heterocycles. The molecule has 0 spiro atoms. The van der Waals surface area contributed by atoms with Crippen LogP contribution in [0.15, 0.2) is 52.8 Å². The fourth-order valence-corrected chi connectivity index (χ4v) is 13.2. The van der Waals surface area contributed by atoms with Crippen molar-refractivity contribution in [1.29, 1.82) is 0 Å². The van der Waals surface area contributed by atoms with Gasteiger partial charge < -0.3 is 70.1 Å². The van der Waals surface area contributed by atoms with Crippen molar-refractivity contribution in [3.8, 4) is 5.75 Å². The number of aromatic amines is 2. The zero-order chi connectivity index (χ0) is 57.5. The lowest BCUT2D eigenvalue weighted by Crippen LogP contribution is -2.49. The highest BCUT2D eigenvalue weighted by molar-refractivity contribution is 7.66. The molecule has 80 heavy (non-hydrogen) atoms. The van der Waals surface area contributed by atoms with Gasteiger partial charge in [-0.25, -0.2) is 43.2 Å². The van der Waals surface area contributed by atoms with E-state index >= 15 is 0 Å². The van der Waals surface area contributed by atoms with Crippen LogP contribution in [0.5, 0.6) is 5.75 Å². The van der Waals surface area contributed by atoms with Crippen LogP contribution in [-0.4, -0.2) is 166 Å². The van der Waals surface area contributed by atoms with Crippen molar-refractivity contribution in [2.45, 2.75) is 61.9 Å². The Kier molecular flexibility index (Phi) is 17.1. The third-order valence-electron chi connectivity index (χ3n) is 12.1. The summed E-state index contributed by atoms with van der Waals surface area (Å²) in [5.41, 5.74) is 7.77. The third-order valence-corrected chi connectivity index (χ3v) is 17.6. The Morgan fingerprint density at radius 3 is 2.21 bits per heavy atom. The molecular formula is C38H48ClN15O22P4. The molecule has 0 saturated carbocycles. The smallest absolute Gasteiger partial charge is 0.490 e. The number of aliphatic hydroxyl groups is 2. The zero-order valence-corrected chi connectivity index (χ0v) is 45.5. The first-order valence-corrected chi connectivity index (χ1v) is 29.4. The standard InChI is InChI=1S/C38H48ClN15O22P4/c1-42-29-23-31(44-15-43-29)54(17-46-23)38(67-2)14-69-21(28(38)74-77(59,60)71-12-20-26(55)27(56)35(73-20)53-16-45-24-32(53)49-37(41)50-33(24)57)13-72-79(63,64)76-80(65,66)75-78(61,62)70-10-3-4-22-47-30-25(34(58)51-36(40)48-30)52(22)9-11-68-19-7-5-18(39)6-8-19/h5-8,15-17,20-21,26-28,35,55-56H,3-4,9-14H2,1-2H3,(H,59,60)(H,61,62)(H,63,64)(H,65,66)(H,42,43,44)(H3,40,48,51,58)(H3,41,49,50,57). The van der Waals surface area contributed by atoms with Crippen molar-refractivity contribution < 1.29 is 93.7 Å². The van der Waals surface area contributed by atoms with E-state index in [0.29, 0.717) is 10.8 Å². The zero-order valence-electron chi connectivity index (χ0n) is 41.2. The average Bonchev–Trinajstić information content (AvgIpc) is 4.21. The molecule has 37 nitrogen and oxygen atoms in total. The van der Waals surface area contributed by atoms with E-state index in [1.807, 2.05) is 0 Å². The summed E-state index contributed by atoms with van der Waals surface area (Å²) in [5, 5.41) is 25.2. The number of fused-ring (bicyclic) bond motifs is 3. The van der Waals surface area contributed by atoms with Crippen molar-refractivity contribution >= 4 is 94.1 Å². The minimum atomic E-state index is -6.09. The summed E-state index contributed by atoms with van der Waals surface area (Å²) in [6.45, 7) is -3.42. The Labute approximate surface area is 451 Å². The molecule has 0 aliphatic carbocycles. The molecule has 11 atom stereocenters. The number of imidazole rings is 3. The highest BCUT2D eigenvalue weighted by Gasteiger charge is 2.58. The monoisotopic (exact) mass is 1230 g/mol. The SMILES string of the molecule is CNc1ncnc2c1ncn2C1(OC)COC(COP(=O)(O)OP(=O)(O)OP(=O)(O)OCCCc2nc3nc(N)[nH]c(=O)c3n2CCOc2ccc(Cl)cc2)C1OP(=O)(O)OCC1OC(n2cnc3c(=O)[nH]c(N)nc32)C(O)C1O. The van der Waals surface area contributed by atoms with Crippen LogP contribution in [0.4, 0.5) is 17.7 Å². The topological polar surface area (TPSA) is 517 Å². The number of halogens is 1. The fraction of sp³-hybridized carbons (Fsp3) is 0.447.